The Morgan fingerprint density at radius 2 is 1.67 bits per heavy atom. The van der Waals surface area contributed by atoms with Gasteiger partial charge in [0.1, 0.15) is 11.6 Å². The summed E-state index contributed by atoms with van der Waals surface area (Å²) >= 11 is 0. The summed E-state index contributed by atoms with van der Waals surface area (Å²) in [4.78, 5) is 11.7. The Hall–Kier alpha value is -1.29. The van der Waals surface area contributed by atoms with Gasteiger partial charge in [-0.3, -0.25) is 4.79 Å². The number of carbonyl (C=O) groups is 1. The van der Waals surface area contributed by atoms with Crippen LogP contribution in [0.1, 0.15) is 24.2 Å². The van der Waals surface area contributed by atoms with E-state index in [1.54, 1.807) is 13.8 Å². The van der Waals surface area contributed by atoms with Gasteiger partial charge in [-0.15, -0.1) is 0 Å². The summed E-state index contributed by atoms with van der Waals surface area (Å²) in [5, 5.41) is 0. The highest BCUT2D eigenvalue weighted by Crippen LogP contribution is 2.14. The van der Waals surface area contributed by atoms with E-state index in [4.69, 9.17) is 5.73 Å². The first-order valence-corrected chi connectivity index (χ1v) is 4.67. The maximum atomic E-state index is 12.8. The van der Waals surface area contributed by atoms with Gasteiger partial charge in [-0.1, -0.05) is 6.92 Å². The van der Waals surface area contributed by atoms with Crippen molar-refractivity contribution in [3.8, 4) is 0 Å². The van der Waals surface area contributed by atoms with Crippen molar-refractivity contribution in [1.82, 2.24) is 0 Å². The summed E-state index contributed by atoms with van der Waals surface area (Å²) < 4.78 is 25.7. The molecule has 82 valence electrons. The van der Waals surface area contributed by atoms with Crippen LogP contribution in [0.2, 0.25) is 0 Å². The maximum Gasteiger partial charge on any atom is 0.167 e. The van der Waals surface area contributed by atoms with Crippen LogP contribution in [-0.2, 0) is 0 Å². The molecule has 1 aromatic carbocycles. The molecule has 0 bridgehead atoms. The summed E-state index contributed by atoms with van der Waals surface area (Å²) in [5.41, 5.74) is 5.57. The van der Waals surface area contributed by atoms with E-state index < -0.39 is 17.6 Å². The SMILES string of the molecule is CC(N)C(C)C(=O)c1cc(F)cc(F)c1. The van der Waals surface area contributed by atoms with Gasteiger partial charge in [0.05, 0.1) is 0 Å². The van der Waals surface area contributed by atoms with Crippen LogP contribution in [0.3, 0.4) is 0 Å². The molecular weight excluding hydrogens is 200 g/mol. The number of hydrogen-bond donors (Lipinski definition) is 1. The third-order valence-electron chi connectivity index (χ3n) is 2.35. The van der Waals surface area contributed by atoms with Gasteiger partial charge in [-0.25, -0.2) is 8.78 Å². The second-order valence-electron chi connectivity index (χ2n) is 3.67. The van der Waals surface area contributed by atoms with Crippen LogP contribution in [-0.4, -0.2) is 11.8 Å². The molecule has 0 saturated heterocycles. The van der Waals surface area contributed by atoms with Crippen LogP contribution in [0.25, 0.3) is 0 Å². The van der Waals surface area contributed by atoms with E-state index in [0.717, 1.165) is 18.2 Å². The Morgan fingerprint density at radius 3 is 2.07 bits per heavy atom. The third kappa shape index (κ3) is 2.83. The van der Waals surface area contributed by atoms with Crippen molar-refractivity contribution in [1.29, 1.82) is 0 Å². The highest BCUT2D eigenvalue weighted by molar-refractivity contribution is 5.98. The number of Topliss-reactive ketones (excluding diaryl/α,β-unsaturated/α-hetero) is 1. The quantitative estimate of drug-likeness (QED) is 0.781. The van der Waals surface area contributed by atoms with Gasteiger partial charge in [0.2, 0.25) is 0 Å². The van der Waals surface area contributed by atoms with Crippen molar-refractivity contribution in [2.75, 3.05) is 0 Å². The molecule has 0 aromatic heterocycles. The average molecular weight is 213 g/mol. The Labute approximate surface area is 87.1 Å². The van der Waals surface area contributed by atoms with Crippen molar-refractivity contribution in [3.63, 3.8) is 0 Å². The molecule has 0 spiro atoms. The van der Waals surface area contributed by atoms with Crippen molar-refractivity contribution < 1.29 is 13.6 Å². The fourth-order valence-corrected chi connectivity index (χ4v) is 1.20. The highest BCUT2D eigenvalue weighted by atomic mass is 19.1. The van der Waals surface area contributed by atoms with Crippen LogP contribution in [0, 0.1) is 17.6 Å². The van der Waals surface area contributed by atoms with Crippen molar-refractivity contribution in [2.45, 2.75) is 19.9 Å². The summed E-state index contributed by atoms with van der Waals surface area (Å²) in [6, 6.07) is 2.42. The third-order valence-corrected chi connectivity index (χ3v) is 2.35. The van der Waals surface area contributed by atoms with E-state index in [1.165, 1.54) is 0 Å². The van der Waals surface area contributed by atoms with Gasteiger partial charge in [0, 0.05) is 23.6 Å². The van der Waals surface area contributed by atoms with Gasteiger partial charge in [-0.2, -0.15) is 0 Å². The smallest absolute Gasteiger partial charge is 0.167 e. The molecule has 1 aromatic rings. The fourth-order valence-electron chi connectivity index (χ4n) is 1.20. The Bertz CT molecular complexity index is 357. The zero-order valence-corrected chi connectivity index (χ0v) is 8.63. The van der Waals surface area contributed by atoms with Gasteiger partial charge in [0.15, 0.2) is 5.78 Å². The summed E-state index contributed by atoms with van der Waals surface area (Å²) in [6.45, 7) is 3.31. The first-order valence-electron chi connectivity index (χ1n) is 4.67. The molecule has 1 rings (SSSR count). The van der Waals surface area contributed by atoms with E-state index in [-0.39, 0.29) is 17.4 Å². The second-order valence-corrected chi connectivity index (χ2v) is 3.67. The minimum atomic E-state index is -0.754. The fraction of sp³-hybridized carbons (Fsp3) is 0.364. The minimum Gasteiger partial charge on any atom is -0.327 e. The normalized spacial score (nSPS) is 14.7. The lowest BCUT2D eigenvalue weighted by Crippen LogP contribution is -2.30. The number of carbonyl (C=O) groups excluding carboxylic acids is 1. The van der Waals surface area contributed by atoms with E-state index in [9.17, 15) is 13.6 Å². The van der Waals surface area contributed by atoms with Gasteiger partial charge in [-0.05, 0) is 19.1 Å². The first kappa shape index (κ1) is 11.8. The molecule has 0 heterocycles. The van der Waals surface area contributed by atoms with Crippen LogP contribution in [0.5, 0.6) is 0 Å². The van der Waals surface area contributed by atoms with E-state index >= 15 is 0 Å². The second kappa shape index (κ2) is 4.49. The average Bonchev–Trinajstić information content (AvgIpc) is 2.13. The molecule has 0 amide bonds. The molecule has 2 atom stereocenters. The molecule has 0 saturated carbocycles. The van der Waals surface area contributed by atoms with Crippen LogP contribution in [0.4, 0.5) is 8.78 Å². The lowest BCUT2D eigenvalue weighted by atomic mass is 9.94. The molecule has 0 radical (unpaired) electrons. The van der Waals surface area contributed by atoms with Crippen molar-refractivity contribution in [2.24, 2.45) is 11.7 Å². The number of nitrogens with two attached hydrogens (primary N) is 1. The van der Waals surface area contributed by atoms with E-state index in [0.29, 0.717) is 0 Å². The topological polar surface area (TPSA) is 43.1 Å². The van der Waals surface area contributed by atoms with Crippen LogP contribution < -0.4 is 5.73 Å². The zero-order chi connectivity index (χ0) is 11.6. The molecule has 2 nitrogen and oxygen atoms in total. The van der Waals surface area contributed by atoms with Crippen LogP contribution >= 0.6 is 0 Å². The van der Waals surface area contributed by atoms with Crippen LogP contribution in [0.15, 0.2) is 18.2 Å². The van der Waals surface area contributed by atoms with Gasteiger partial charge in [0.25, 0.3) is 0 Å². The Kier molecular flexibility index (Phi) is 3.52. The molecule has 2 unspecified atom stereocenters. The van der Waals surface area contributed by atoms with E-state index in [1.807, 2.05) is 0 Å². The predicted molar refractivity (Wildman–Crippen MR) is 53.5 cm³/mol. The van der Waals surface area contributed by atoms with Gasteiger partial charge < -0.3 is 5.73 Å². The lowest BCUT2D eigenvalue weighted by molar-refractivity contribution is 0.0916. The number of rotatable bonds is 3. The number of hydrogen-bond acceptors (Lipinski definition) is 2. The summed E-state index contributed by atoms with van der Waals surface area (Å²) in [7, 11) is 0. The molecule has 0 fully saturated rings. The zero-order valence-electron chi connectivity index (χ0n) is 8.63. The van der Waals surface area contributed by atoms with Crippen molar-refractivity contribution >= 4 is 5.78 Å². The minimum absolute atomic E-state index is 0.0253. The molecule has 2 N–H and O–H groups in total. The van der Waals surface area contributed by atoms with Gasteiger partial charge >= 0.3 is 0 Å². The van der Waals surface area contributed by atoms with E-state index in [2.05, 4.69) is 0 Å². The standard InChI is InChI=1S/C11H13F2NO/c1-6(7(2)14)11(15)8-3-9(12)5-10(13)4-8/h3-7H,14H2,1-2H3. The monoisotopic (exact) mass is 213 g/mol. The Balaban J connectivity index is 3.01. The molecule has 0 aliphatic carbocycles. The predicted octanol–water partition coefficient (Wildman–Crippen LogP) is 2.13. The summed E-state index contributed by atoms with van der Waals surface area (Å²) in [6.07, 6.45) is 0. The Morgan fingerprint density at radius 1 is 1.20 bits per heavy atom. The number of halogens is 2. The van der Waals surface area contributed by atoms with Crippen molar-refractivity contribution in [3.05, 3.63) is 35.4 Å². The molecule has 15 heavy (non-hydrogen) atoms. The largest absolute Gasteiger partial charge is 0.327 e. The lowest BCUT2D eigenvalue weighted by Gasteiger charge is -2.14. The molecular formula is C11H13F2NO. The number of benzene rings is 1. The summed E-state index contributed by atoms with van der Waals surface area (Å²) in [5.74, 6) is -2.31. The molecule has 0 aliphatic heterocycles. The molecule has 4 heteroatoms. The first-order chi connectivity index (χ1) is 6.91. The number of ketones is 1. The molecule has 0 aliphatic rings. The highest BCUT2D eigenvalue weighted by Gasteiger charge is 2.19. The maximum absolute atomic E-state index is 12.8.